The molecule has 2 aromatic carbocycles. The fraction of sp³-hybridized carbons (Fsp3) is 0.150. The van der Waals surface area contributed by atoms with Gasteiger partial charge in [0.15, 0.2) is 0 Å². The molecule has 0 radical (unpaired) electrons. The number of aliphatic carboxylic acids is 1. The predicted molar refractivity (Wildman–Crippen MR) is 101 cm³/mol. The Balaban J connectivity index is 1.91. The number of carboxylic acid groups (broad SMARTS) is 1. The van der Waals surface area contributed by atoms with Gasteiger partial charge in [0.05, 0.1) is 11.0 Å². The number of benzene rings is 2. The van der Waals surface area contributed by atoms with Crippen molar-refractivity contribution in [2.45, 2.75) is 13.5 Å². The van der Waals surface area contributed by atoms with Crippen molar-refractivity contribution in [3.8, 4) is 5.69 Å². The Morgan fingerprint density at radius 2 is 2.11 bits per heavy atom. The van der Waals surface area contributed by atoms with Crippen LogP contribution in [-0.4, -0.2) is 32.2 Å². The molecule has 0 spiro atoms. The molecule has 0 bridgehead atoms. The first-order valence-corrected chi connectivity index (χ1v) is 8.43. The highest BCUT2D eigenvalue weighted by molar-refractivity contribution is 5.86. The van der Waals surface area contributed by atoms with Crippen LogP contribution in [0.2, 0.25) is 0 Å². The molecule has 4 rings (SSSR count). The number of hydrogen-bond acceptors (Lipinski definition) is 4. The van der Waals surface area contributed by atoms with Crippen LogP contribution >= 0.6 is 0 Å². The lowest BCUT2D eigenvalue weighted by Crippen LogP contribution is -2.10. The highest BCUT2D eigenvalue weighted by atomic mass is 16.5. The van der Waals surface area contributed by atoms with Gasteiger partial charge in [-0.15, -0.1) is 0 Å². The van der Waals surface area contributed by atoms with Crippen LogP contribution in [-0.2, 0) is 16.1 Å². The average molecular weight is 363 g/mol. The van der Waals surface area contributed by atoms with Gasteiger partial charge in [-0.25, -0.2) is 9.78 Å². The zero-order valence-corrected chi connectivity index (χ0v) is 14.6. The number of H-pyrrole nitrogens is 1. The summed E-state index contributed by atoms with van der Waals surface area (Å²) in [5.41, 5.74) is 3.29. The summed E-state index contributed by atoms with van der Waals surface area (Å²) in [6.45, 7) is 1.61. The van der Waals surface area contributed by atoms with E-state index >= 15 is 0 Å². The number of pyridine rings is 1. The maximum absolute atomic E-state index is 12.2. The normalized spacial score (nSPS) is 11.3. The van der Waals surface area contributed by atoms with E-state index in [0.29, 0.717) is 11.2 Å². The number of aryl methyl sites for hydroxylation is 1. The standard InChI is InChI=1S/C20H17N3O4/c1-12-3-2-4-16-19(12)22-17(10-27-11-18(24)25)23(16)14-6-5-13-7-8-21-20(26)15(13)9-14/h2-9H,10-11H2,1H3,(H,21,26)(H,24,25). The minimum absolute atomic E-state index is 0.0452. The molecule has 0 aliphatic carbocycles. The van der Waals surface area contributed by atoms with Crippen LogP contribution in [0.25, 0.3) is 27.5 Å². The van der Waals surface area contributed by atoms with Crippen molar-refractivity contribution in [3.63, 3.8) is 0 Å². The lowest BCUT2D eigenvalue weighted by atomic mass is 10.1. The highest BCUT2D eigenvalue weighted by Crippen LogP contribution is 2.26. The van der Waals surface area contributed by atoms with Crippen molar-refractivity contribution < 1.29 is 14.6 Å². The number of aromatic amines is 1. The molecule has 2 N–H and O–H groups in total. The molecule has 0 aliphatic rings. The van der Waals surface area contributed by atoms with E-state index in [-0.39, 0.29) is 12.2 Å². The molecule has 2 aromatic heterocycles. The third kappa shape index (κ3) is 3.09. The van der Waals surface area contributed by atoms with Gasteiger partial charge >= 0.3 is 5.97 Å². The quantitative estimate of drug-likeness (QED) is 0.568. The van der Waals surface area contributed by atoms with Crippen molar-refractivity contribution in [2.75, 3.05) is 6.61 Å². The molecule has 2 heterocycles. The highest BCUT2D eigenvalue weighted by Gasteiger charge is 2.15. The van der Waals surface area contributed by atoms with Gasteiger partial charge in [0.1, 0.15) is 19.0 Å². The van der Waals surface area contributed by atoms with Crippen molar-refractivity contribution in [1.82, 2.24) is 14.5 Å². The molecule has 0 atom stereocenters. The van der Waals surface area contributed by atoms with E-state index in [9.17, 15) is 9.59 Å². The van der Waals surface area contributed by atoms with E-state index in [2.05, 4.69) is 9.97 Å². The third-order valence-corrected chi connectivity index (χ3v) is 4.43. The molecular formula is C20H17N3O4. The molecule has 0 saturated heterocycles. The van der Waals surface area contributed by atoms with Crippen LogP contribution in [0.4, 0.5) is 0 Å². The molecule has 7 heteroatoms. The van der Waals surface area contributed by atoms with Crippen LogP contribution in [0, 0.1) is 6.92 Å². The molecule has 0 aliphatic heterocycles. The Hall–Kier alpha value is -3.45. The van der Waals surface area contributed by atoms with Crippen LogP contribution in [0.1, 0.15) is 11.4 Å². The zero-order chi connectivity index (χ0) is 19.0. The second-order valence-electron chi connectivity index (χ2n) is 6.27. The second-order valence-corrected chi connectivity index (χ2v) is 6.27. The van der Waals surface area contributed by atoms with E-state index < -0.39 is 12.6 Å². The molecule has 0 saturated carbocycles. The monoisotopic (exact) mass is 363 g/mol. The van der Waals surface area contributed by atoms with E-state index in [1.54, 1.807) is 12.3 Å². The summed E-state index contributed by atoms with van der Waals surface area (Å²) in [7, 11) is 0. The SMILES string of the molecule is Cc1cccc2c1nc(COCC(=O)O)n2-c1ccc2cc[nH]c(=O)c2c1. The Labute approximate surface area is 153 Å². The van der Waals surface area contributed by atoms with Gasteiger partial charge in [0, 0.05) is 17.3 Å². The Morgan fingerprint density at radius 1 is 1.26 bits per heavy atom. The van der Waals surface area contributed by atoms with Crippen LogP contribution < -0.4 is 5.56 Å². The fourth-order valence-electron chi connectivity index (χ4n) is 3.21. The lowest BCUT2D eigenvalue weighted by Gasteiger charge is -2.10. The third-order valence-electron chi connectivity index (χ3n) is 4.43. The van der Waals surface area contributed by atoms with Gasteiger partial charge in [0.2, 0.25) is 0 Å². The molecule has 4 aromatic rings. The number of rotatable bonds is 5. The van der Waals surface area contributed by atoms with Crippen LogP contribution in [0.15, 0.2) is 53.5 Å². The number of hydrogen-bond donors (Lipinski definition) is 2. The summed E-state index contributed by atoms with van der Waals surface area (Å²) < 4.78 is 7.17. The fourth-order valence-corrected chi connectivity index (χ4v) is 3.21. The molecule has 0 fully saturated rings. The molecular weight excluding hydrogens is 346 g/mol. The van der Waals surface area contributed by atoms with Gasteiger partial charge < -0.3 is 14.8 Å². The summed E-state index contributed by atoms with van der Waals surface area (Å²) in [4.78, 5) is 30.3. The maximum atomic E-state index is 12.2. The maximum Gasteiger partial charge on any atom is 0.329 e. The number of fused-ring (bicyclic) bond motifs is 2. The number of imidazole rings is 1. The number of para-hydroxylation sites is 1. The zero-order valence-electron chi connectivity index (χ0n) is 14.6. The van der Waals surface area contributed by atoms with Crippen LogP contribution in [0.3, 0.4) is 0 Å². The van der Waals surface area contributed by atoms with E-state index in [1.165, 1.54) is 0 Å². The summed E-state index contributed by atoms with van der Waals surface area (Å²) >= 11 is 0. The number of aromatic nitrogens is 3. The minimum atomic E-state index is -1.04. The Bertz CT molecular complexity index is 1220. The number of nitrogens with zero attached hydrogens (tertiary/aromatic N) is 2. The van der Waals surface area contributed by atoms with Gasteiger partial charge in [-0.05, 0) is 42.1 Å². The Morgan fingerprint density at radius 3 is 2.93 bits per heavy atom. The van der Waals surface area contributed by atoms with Crippen molar-refractivity contribution in [3.05, 3.63) is 70.4 Å². The number of carboxylic acids is 1. The predicted octanol–water partition coefficient (Wildman–Crippen LogP) is 2.78. The topological polar surface area (TPSA) is 97.2 Å². The summed E-state index contributed by atoms with van der Waals surface area (Å²) in [6.07, 6.45) is 1.62. The van der Waals surface area contributed by atoms with Gasteiger partial charge in [-0.1, -0.05) is 18.2 Å². The second kappa shape index (κ2) is 6.69. The number of ether oxygens (including phenoxy) is 1. The summed E-state index contributed by atoms with van der Waals surface area (Å²) in [6, 6.07) is 13.3. The molecule has 7 nitrogen and oxygen atoms in total. The first-order valence-electron chi connectivity index (χ1n) is 8.43. The van der Waals surface area contributed by atoms with Gasteiger partial charge in [-0.3, -0.25) is 9.36 Å². The van der Waals surface area contributed by atoms with Crippen molar-refractivity contribution >= 4 is 27.8 Å². The first kappa shape index (κ1) is 17.0. The summed E-state index contributed by atoms with van der Waals surface area (Å²) in [5.74, 6) is -0.460. The van der Waals surface area contributed by atoms with Crippen molar-refractivity contribution in [2.24, 2.45) is 0 Å². The van der Waals surface area contributed by atoms with Crippen molar-refractivity contribution in [1.29, 1.82) is 0 Å². The minimum Gasteiger partial charge on any atom is -0.480 e. The summed E-state index contributed by atoms with van der Waals surface area (Å²) in [5, 5.41) is 10.2. The molecule has 0 unspecified atom stereocenters. The van der Waals surface area contributed by atoms with Gasteiger partial charge in [0.25, 0.3) is 5.56 Å². The molecule has 136 valence electrons. The number of nitrogens with one attached hydrogen (secondary N) is 1. The molecule has 27 heavy (non-hydrogen) atoms. The number of carbonyl (C=O) groups is 1. The average Bonchev–Trinajstić information content (AvgIpc) is 3.01. The van der Waals surface area contributed by atoms with E-state index in [1.807, 2.05) is 47.9 Å². The smallest absolute Gasteiger partial charge is 0.329 e. The Kier molecular flexibility index (Phi) is 4.21. The van der Waals surface area contributed by atoms with Crippen LogP contribution in [0.5, 0.6) is 0 Å². The van der Waals surface area contributed by atoms with E-state index in [0.717, 1.165) is 27.7 Å². The first-order chi connectivity index (χ1) is 13.0. The largest absolute Gasteiger partial charge is 0.480 e. The van der Waals surface area contributed by atoms with Gasteiger partial charge in [-0.2, -0.15) is 0 Å². The van der Waals surface area contributed by atoms with E-state index in [4.69, 9.17) is 9.84 Å². The molecule has 0 amide bonds. The lowest BCUT2D eigenvalue weighted by molar-refractivity contribution is -0.142.